The van der Waals surface area contributed by atoms with Gasteiger partial charge in [0.1, 0.15) is 11.5 Å². The zero-order valence-corrected chi connectivity index (χ0v) is 12.4. The van der Waals surface area contributed by atoms with Crippen molar-refractivity contribution in [2.45, 2.75) is 0 Å². The Morgan fingerprint density at radius 1 is 0.909 bits per heavy atom. The lowest BCUT2D eigenvalue weighted by Crippen LogP contribution is -2.31. The van der Waals surface area contributed by atoms with Crippen molar-refractivity contribution in [3.05, 3.63) is 36.4 Å². The van der Waals surface area contributed by atoms with Crippen LogP contribution >= 0.6 is 0 Å². The number of hydrogen-bond donors (Lipinski definition) is 3. The van der Waals surface area contributed by atoms with Crippen molar-refractivity contribution in [1.29, 1.82) is 0 Å². The fraction of sp³-hybridized carbons (Fsp3) is 0.133. The first-order valence-electron chi connectivity index (χ1n) is 6.44. The van der Waals surface area contributed by atoms with Crippen LogP contribution in [0, 0.1) is 0 Å². The first-order valence-corrected chi connectivity index (χ1v) is 6.44. The van der Waals surface area contributed by atoms with Gasteiger partial charge in [0.15, 0.2) is 0 Å². The number of urea groups is 1. The third-order valence-corrected chi connectivity index (χ3v) is 3.17. The van der Waals surface area contributed by atoms with E-state index < -0.39 is 6.03 Å². The Hall–Kier alpha value is -3.09. The lowest BCUT2D eigenvalue weighted by atomic mass is 10.2. The van der Waals surface area contributed by atoms with Crippen LogP contribution in [0.25, 0.3) is 0 Å². The first-order chi connectivity index (χ1) is 10.5. The molecule has 0 spiro atoms. The molecule has 7 nitrogen and oxygen atoms in total. The Morgan fingerprint density at radius 3 is 1.64 bits per heavy atom. The molecule has 0 aliphatic rings. The molecule has 2 aromatic rings. The van der Waals surface area contributed by atoms with Crippen LogP contribution < -0.4 is 31.6 Å². The molecular weight excluding hydrogens is 284 g/mol. The van der Waals surface area contributed by atoms with E-state index in [-0.39, 0.29) is 0 Å². The summed E-state index contributed by atoms with van der Waals surface area (Å²) in [6.07, 6.45) is 0. The average molecular weight is 302 g/mol. The molecule has 0 atom stereocenters. The van der Waals surface area contributed by atoms with E-state index in [1.165, 1.54) is 19.1 Å². The molecule has 0 bridgehead atoms. The van der Waals surface area contributed by atoms with Gasteiger partial charge in [-0.25, -0.2) is 4.79 Å². The van der Waals surface area contributed by atoms with E-state index in [0.29, 0.717) is 34.2 Å². The Bertz CT molecular complexity index is 650. The summed E-state index contributed by atoms with van der Waals surface area (Å²) in [5.74, 6) is 0.900. The van der Waals surface area contributed by atoms with E-state index in [2.05, 4.69) is 0 Å². The number of ether oxygens (including phenoxy) is 2. The number of carbonyl (C=O) groups is 1. The van der Waals surface area contributed by atoms with Gasteiger partial charge >= 0.3 is 6.03 Å². The highest BCUT2D eigenvalue weighted by atomic mass is 16.5. The van der Waals surface area contributed by atoms with E-state index in [4.69, 9.17) is 26.7 Å². The fourth-order valence-electron chi connectivity index (χ4n) is 2.08. The van der Waals surface area contributed by atoms with Gasteiger partial charge in [0, 0.05) is 12.1 Å². The maximum atomic E-state index is 11.9. The van der Waals surface area contributed by atoms with E-state index in [1.807, 2.05) is 0 Å². The molecule has 0 aliphatic heterocycles. The minimum absolute atomic E-state index is 0.450. The molecular formula is C15H18N4O3. The van der Waals surface area contributed by atoms with Gasteiger partial charge < -0.3 is 26.7 Å². The van der Waals surface area contributed by atoms with Crippen LogP contribution in [0.15, 0.2) is 36.4 Å². The zero-order chi connectivity index (χ0) is 16.3. The van der Waals surface area contributed by atoms with Gasteiger partial charge in [-0.3, -0.25) is 4.90 Å². The predicted molar refractivity (Wildman–Crippen MR) is 86.5 cm³/mol. The number of methoxy groups -OCH3 is 2. The molecule has 0 fully saturated rings. The van der Waals surface area contributed by atoms with Gasteiger partial charge in [-0.2, -0.15) is 0 Å². The quantitative estimate of drug-likeness (QED) is 0.747. The van der Waals surface area contributed by atoms with Crippen LogP contribution in [0.3, 0.4) is 0 Å². The number of anilines is 4. The molecule has 7 heteroatoms. The Labute approximate surface area is 128 Å². The SMILES string of the molecule is COc1cc(N(C(N)=O)c2ccc(N)c(OC)c2)ccc1N. The highest BCUT2D eigenvalue weighted by Gasteiger charge is 2.18. The van der Waals surface area contributed by atoms with Crippen LogP contribution in [-0.2, 0) is 0 Å². The molecule has 2 aromatic carbocycles. The predicted octanol–water partition coefficient (Wildman–Crippen LogP) is 2.09. The van der Waals surface area contributed by atoms with Crippen LogP contribution in [0.5, 0.6) is 11.5 Å². The van der Waals surface area contributed by atoms with Crippen LogP contribution in [0.1, 0.15) is 0 Å². The highest BCUT2D eigenvalue weighted by Crippen LogP contribution is 2.34. The molecule has 0 radical (unpaired) electrons. The summed E-state index contributed by atoms with van der Waals surface area (Å²) < 4.78 is 10.3. The summed E-state index contributed by atoms with van der Waals surface area (Å²) in [5, 5.41) is 0. The number of amides is 2. The smallest absolute Gasteiger partial charge is 0.323 e. The van der Waals surface area contributed by atoms with E-state index in [1.54, 1.807) is 36.4 Å². The summed E-state index contributed by atoms with van der Waals surface area (Å²) >= 11 is 0. The van der Waals surface area contributed by atoms with Gasteiger partial charge in [-0.05, 0) is 24.3 Å². The Kier molecular flexibility index (Phi) is 4.26. The lowest BCUT2D eigenvalue weighted by Gasteiger charge is -2.22. The van der Waals surface area contributed by atoms with Gasteiger partial charge in [-0.1, -0.05) is 0 Å². The van der Waals surface area contributed by atoms with E-state index >= 15 is 0 Å². The number of hydrogen-bond acceptors (Lipinski definition) is 5. The largest absolute Gasteiger partial charge is 0.495 e. The van der Waals surface area contributed by atoms with Crippen molar-refractivity contribution in [1.82, 2.24) is 0 Å². The maximum Gasteiger partial charge on any atom is 0.323 e. The summed E-state index contributed by atoms with van der Waals surface area (Å²) in [4.78, 5) is 13.2. The normalized spacial score (nSPS) is 10.1. The number of nitrogens with two attached hydrogens (primary N) is 3. The van der Waals surface area contributed by atoms with Crippen LogP contribution in [0.4, 0.5) is 27.5 Å². The molecule has 0 aromatic heterocycles. The van der Waals surface area contributed by atoms with Crippen molar-refractivity contribution in [2.24, 2.45) is 5.73 Å². The van der Waals surface area contributed by atoms with E-state index in [9.17, 15) is 4.79 Å². The summed E-state index contributed by atoms with van der Waals surface area (Å²) in [6, 6.07) is 9.22. The van der Waals surface area contributed by atoms with Gasteiger partial charge in [0.05, 0.1) is 37.0 Å². The lowest BCUT2D eigenvalue weighted by molar-refractivity contribution is 0.256. The molecule has 0 unspecified atom stereocenters. The van der Waals surface area contributed by atoms with Gasteiger partial charge in [0.25, 0.3) is 0 Å². The molecule has 2 amide bonds. The minimum Gasteiger partial charge on any atom is -0.495 e. The summed E-state index contributed by atoms with van der Waals surface area (Å²) in [5.41, 5.74) is 19.0. The molecule has 2 rings (SSSR count). The molecule has 6 N–H and O–H groups in total. The molecule has 0 saturated heterocycles. The highest BCUT2D eigenvalue weighted by molar-refractivity contribution is 5.99. The average Bonchev–Trinajstić information content (AvgIpc) is 2.50. The standard InChI is InChI=1S/C15H18N4O3/c1-21-13-7-9(3-5-11(13)16)19(15(18)20)10-4-6-12(17)14(8-10)22-2/h3-8H,16-17H2,1-2H3,(H2,18,20). The second-order valence-electron chi connectivity index (χ2n) is 4.53. The number of nitrogens with zero attached hydrogens (tertiary/aromatic N) is 1. The Balaban J connectivity index is 2.53. The van der Waals surface area contributed by atoms with Crippen molar-refractivity contribution in [2.75, 3.05) is 30.6 Å². The van der Waals surface area contributed by atoms with Crippen molar-refractivity contribution < 1.29 is 14.3 Å². The number of nitrogen functional groups attached to an aromatic ring is 2. The topological polar surface area (TPSA) is 117 Å². The zero-order valence-electron chi connectivity index (χ0n) is 12.4. The maximum absolute atomic E-state index is 11.9. The number of carbonyl (C=O) groups excluding carboxylic acids is 1. The molecule has 0 heterocycles. The molecule has 0 saturated carbocycles. The third-order valence-electron chi connectivity index (χ3n) is 3.17. The number of primary amides is 1. The molecule has 22 heavy (non-hydrogen) atoms. The van der Waals surface area contributed by atoms with Crippen molar-refractivity contribution in [3.8, 4) is 11.5 Å². The van der Waals surface area contributed by atoms with Crippen LogP contribution in [-0.4, -0.2) is 20.3 Å². The van der Waals surface area contributed by atoms with Crippen molar-refractivity contribution >= 4 is 28.8 Å². The first kappa shape index (κ1) is 15.3. The van der Waals surface area contributed by atoms with Gasteiger partial charge in [-0.15, -0.1) is 0 Å². The van der Waals surface area contributed by atoms with Crippen molar-refractivity contribution in [3.63, 3.8) is 0 Å². The fourth-order valence-corrected chi connectivity index (χ4v) is 2.08. The van der Waals surface area contributed by atoms with Crippen LogP contribution in [0.2, 0.25) is 0 Å². The summed E-state index contributed by atoms with van der Waals surface area (Å²) in [7, 11) is 2.99. The third kappa shape index (κ3) is 2.83. The summed E-state index contributed by atoms with van der Waals surface area (Å²) in [6.45, 7) is 0. The molecule has 116 valence electrons. The second-order valence-corrected chi connectivity index (χ2v) is 4.53. The molecule has 0 aliphatic carbocycles. The Morgan fingerprint density at radius 2 is 1.32 bits per heavy atom. The van der Waals surface area contributed by atoms with E-state index in [0.717, 1.165) is 0 Å². The number of benzene rings is 2. The second kappa shape index (κ2) is 6.13. The number of rotatable bonds is 4. The monoisotopic (exact) mass is 302 g/mol. The minimum atomic E-state index is -0.654. The van der Waals surface area contributed by atoms with Gasteiger partial charge in [0.2, 0.25) is 0 Å².